The van der Waals surface area contributed by atoms with Crippen LogP contribution >= 0.6 is 0 Å². The maximum atomic E-state index is 10.8. The second-order valence-electron chi connectivity index (χ2n) is 2.04. The van der Waals surface area contributed by atoms with E-state index in [9.17, 15) is 4.79 Å². The maximum absolute atomic E-state index is 10.8. The third-order valence-corrected chi connectivity index (χ3v) is 1.28. The Bertz CT molecular complexity index is 196. The van der Waals surface area contributed by atoms with Crippen LogP contribution < -0.4 is 5.73 Å². The van der Waals surface area contributed by atoms with Crippen LogP contribution in [0.3, 0.4) is 0 Å². The highest BCUT2D eigenvalue weighted by atomic mass is 16.6. The van der Waals surface area contributed by atoms with Gasteiger partial charge in [0.1, 0.15) is 0 Å². The molecule has 3 heteroatoms. The van der Waals surface area contributed by atoms with Crippen LogP contribution in [0.1, 0.15) is 6.42 Å². The molecular formula is C7H9NO2. The fourth-order valence-electron chi connectivity index (χ4n) is 0.747. The van der Waals surface area contributed by atoms with Crippen LogP contribution in [0.2, 0.25) is 0 Å². The van der Waals surface area contributed by atoms with Crippen LogP contribution in [-0.2, 0) is 9.53 Å². The monoisotopic (exact) mass is 139 g/mol. The van der Waals surface area contributed by atoms with Crippen LogP contribution in [0.15, 0.2) is 24.3 Å². The van der Waals surface area contributed by atoms with Crippen molar-refractivity contribution in [2.75, 3.05) is 0 Å². The van der Waals surface area contributed by atoms with Gasteiger partial charge in [-0.05, 0) is 0 Å². The minimum atomic E-state index is -0.476. The SMILES string of the molecule is C=CC1=CCC(N)OC1=O. The van der Waals surface area contributed by atoms with Gasteiger partial charge in [-0.1, -0.05) is 18.7 Å². The van der Waals surface area contributed by atoms with Crippen molar-refractivity contribution >= 4 is 5.97 Å². The van der Waals surface area contributed by atoms with Crippen LogP contribution in [-0.4, -0.2) is 12.2 Å². The second-order valence-corrected chi connectivity index (χ2v) is 2.04. The Morgan fingerprint density at radius 2 is 2.60 bits per heavy atom. The molecule has 0 aromatic carbocycles. The maximum Gasteiger partial charge on any atom is 0.339 e. The molecule has 0 aromatic rings. The lowest BCUT2D eigenvalue weighted by atomic mass is 10.2. The summed E-state index contributed by atoms with van der Waals surface area (Å²) in [5.74, 6) is -0.381. The van der Waals surface area contributed by atoms with E-state index in [1.54, 1.807) is 6.08 Å². The van der Waals surface area contributed by atoms with E-state index >= 15 is 0 Å². The summed E-state index contributed by atoms with van der Waals surface area (Å²) in [6.45, 7) is 3.45. The average Bonchev–Trinajstić information content (AvgIpc) is 1.88. The third-order valence-electron chi connectivity index (χ3n) is 1.28. The van der Waals surface area contributed by atoms with Crippen molar-refractivity contribution in [3.8, 4) is 0 Å². The standard InChI is InChI=1S/C7H9NO2/c1-2-5-3-4-6(8)10-7(5)9/h2-3,6H,1,4,8H2. The smallest absolute Gasteiger partial charge is 0.339 e. The molecule has 0 radical (unpaired) electrons. The van der Waals surface area contributed by atoms with Crippen molar-refractivity contribution in [3.63, 3.8) is 0 Å². The van der Waals surface area contributed by atoms with Gasteiger partial charge in [-0.15, -0.1) is 0 Å². The Morgan fingerprint density at radius 3 is 3.10 bits per heavy atom. The number of hydrogen-bond acceptors (Lipinski definition) is 3. The van der Waals surface area contributed by atoms with Crippen LogP contribution in [0.4, 0.5) is 0 Å². The highest BCUT2D eigenvalue weighted by Gasteiger charge is 2.16. The van der Waals surface area contributed by atoms with Gasteiger partial charge in [-0.3, -0.25) is 5.73 Å². The molecule has 1 aliphatic heterocycles. The molecule has 0 spiro atoms. The third kappa shape index (κ3) is 1.25. The normalized spacial score (nSPS) is 25.1. The average molecular weight is 139 g/mol. The van der Waals surface area contributed by atoms with E-state index in [2.05, 4.69) is 11.3 Å². The Balaban J connectivity index is 2.75. The summed E-state index contributed by atoms with van der Waals surface area (Å²) in [6, 6.07) is 0. The molecule has 2 N–H and O–H groups in total. The molecular weight excluding hydrogens is 130 g/mol. The summed E-state index contributed by atoms with van der Waals surface area (Å²) in [5.41, 5.74) is 5.82. The predicted molar refractivity (Wildman–Crippen MR) is 37.0 cm³/mol. The number of cyclic esters (lactones) is 1. The molecule has 54 valence electrons. The molecule has 10 heavy (non-hydrogen) atoms. The van der Waals surface area contributed by atoms with Crippen molar-refractivity contribution in [3.05, 3.63) is 24.3 Å². The Labute approximate surface area is 59.2 Å². The fourth-order valence-corrected chi connectivity index (χ4v) is 0.747. The van der Waals surface area contributed by atoms with Gasteiger partial charge in [0.05, 0.1) is 5.57 Å². The molecule has 1 heterocycles. The van der Waals surface area contributed by atoms with Crippen molar-refractivity contribution in [1.29, 1.82) is 0 Å². The quantitative estimate of drug-likeness (QED) is 0.532. The van der Waals surface area contributed by atoms with Gasteiger partial charge in [0, 0.05) is 6.42 Å². The Morgan fingerprint density at radius 1 is 1.90 bits per heavy atom. The van der Waals surface area contributed by atoms with Gasteiger partial charge < -0.3 is 4.74 Å². The van der Waals surface area contributed by atoms with Gasteiger partial charge in [0.15, 0.2) is 6.23 Å². The fraction of sp³-hybridized carbons (Fsp3) is 0.286. The van der Waals surface area contributed by atoms with Gasteiger partial charge in [-0.2, -0.15) is 0 Å². The topological polar surface area (TPSA) is 52.3 Å². The number of nitrogens with two attached hydrogens (primary N) is 1. The molecule has 1 atom stereocenters. The van der Waals surface area contributed by atoms with Crippen molar-refractivity contribution in [1.82, 2.24) is 0 Å². The molecule has 1 rings (SSSR count). The molecule has 0 saturated carbocycles. The Kier molecular flexibility index (Phi) is 1.87. The number of rotatable bonds is 1. The minimum Gasteiger partial charge on any atom is -0.443 e. The largest absolute Gasteiger partial charge is 0.443 e. The predicted octanol–water partition coefficient (Wildman–Crippen LogP) is 0.330. The van der Waals surface area contributed by atoms with E-state index < -0.39 is 6.23 Å². The summed E-state index contributed by atoms with van der Waals surface area (Å²) in [4.78, 5) is 10.8. The zero-order valence-corrected chi connectivity index (χ0v) is 5.54. The lowest BCUT2D eigenvalue weighted by Crippen LogP contribution is -2.30. The number of carbonyl (C=O) groups is 1. The molecule has 0 aromatic heterocycles. The molecule has 0 fully saturated rings. The summed E-state index contributed by atoms with van der Waals surface area (Å²) in [7, 11) is 0. The number of ether oxygens (including phenoxy) is 1. The zero-order valence-electron chi connectivity index (χ0n) is 5.54. The number of carbonyl (C=O) groups excluding carboxylic acids is 1. The van der Waals surface area contributed by atoms with E-state index in [1.807, 2.05) is 0 Å². The lowest BCUT2D eigenvalue weighted by Gasteiger charge is -2.16. The first kappa shape index (κ1) is 7.02. The highest BCUT2D eigenvalue weighted by molar-refractivity contribution is 5.92. The van der Waals surface area contributed by atoms with E-state index in [1.165, 1.54) is 6.08 Å². The van der Waals surface area contributed by atoms with Crippen LogP contribution in [0.25, 0.3) is 0 Å². The molecule has 1 unspecified atom stereocenters. The molecule has 3 nitrogen and oxygen atoms in total. The van der Waals surface area contributed by atoms with Crippen LogP contribution in [0, 0.1) is 0 Å². The summed E-state index contributed by atoms with van der Waals surface area (Å²) < 4.78 is 4.69. The van der Waals surface area contributed by atoms with Crippen molar-refractivity contribution in [2.24, 2.45) is 5.73 Å². The van der Waals surface area contributed by atoms with Gasteiger partial charge >= 0.3 is 5.97 Å². The molecule has 0 saturated heterocycles. The van der Waals surface area contributed by atoms with E-state index in [4.69, 9.17) is 5.73 Å². The first-order valence-electron chi connectivity index (χ1n) is 3.03. The van der Waals surface area contributed by atoms with Gasteiger partial charge in [0.2, 0.25) is 0 Å². The second kappa shape index (κ2) is 2.66. The van der Waals surface area contributed by atoms with Crippen molar-refractivity contribution < 1.29 is 9.53 Å². The molecule has 0 bridgehead atoms. The number of esters is 1. The lowest BCUT2D eigenvalue weighted by molar-refractivity contribution is -0.144. The van der Waals surface area contributed by atoms with Crippen LogP contribution in [0.5, 0.6) is 0 Å². The summed E-state index contributed by atoms with van der Waals surface area (Å²) in [5, 5.41) is 0. The Hall–Kier alpha value is -1.09. The molecule has 1 aliphatic rings. The summed E-state index contributed by atoms with van der Waals surface area (Å²) >= 11 is 0. The summed E-state index contributed by atoms with van der Waals surface area (Å²) in [6.07, 6.45) is 3.29. The van der Waals surface area contributed by atoms with E-state index in [0.717, 1.165) is 0 Å². The van der Waals surface area contributed by atoms with E-state index in [-0.39, 0.29) is 5.97 Å². The minimum absolute atomic E-state index is 0.381. The van der Waals surface area contributed by atoms with Crippen molar-refractivity contribution in [2.45, 2.75) is 12.6 Å². The highest BCUT2D eigenvalue weighted by Crippen LogP contribution is 2.10. The number of hydrogen-bond donors (Lipinski definition) is 1. The van der Waals surface area contributed by atoms with Gasteiger partial charge in [-0.25, -0.2) is 4.79 Å². The zero-order chi connectivity index (χ0) is 7.56. The first-order valence-corrected chi connectivity index (χ1v) is 3.03. The van der Waals surface area contributed by atoms with E-state index in [0.29, 0.717) is 12.0 Å². The molecule has 0 aliphatic carbocycles. The molecule has 0 amide bonds. The van der Waals surface area contributed by atoms with Gasteiger partial charge in [0.25, 0.3) is 0 Å². The first-order chi connectivity index (χ1) is 4.74.